The minimum Gasteiger partial charge on any atom is -0.367 e. The summed E-state index contributed by atoms with van der Waals surface area (Å²) in [7, 11) is 0. The summed E-state index contributed by atoms with van der Waals surface area (Å²) in [6, 6.07) is 1.71. The monoisotopic (exact) mass is 355 g/mol. The van der Waals surface area contributed by atoms with Crippen LogP contribution in [0.4, 0.5) is 10.2 Å². The predicted octanol–water partition coefficient (Wildman–Crippen LogP) is 2.45. The van der Waals surface area contributed by atoms with Crippen LogP contribution in [0.3, 0.4) is 0 Å². The highest BCUT2D eigenvalue weighted by atomic mass is 35.5. The van der Waals surface area contributed by atoms with Crippen LogP contribution in [0, 0.1) is 5.82 Å². The Labute approximate surface area is 137 Å². The van der Waals surface area contributed by atoms with Crippen LogP contribution in [-0.2, 0) is 11.1 Å². The Kier molecular flexibility index (Phi) is 4.51. The molecule has 0 aliphatic carbocycles. The first-order valence-electron chi connectivity index (χ1n) is 6.51. The highest BCUT2D eigenvalue weighted by molar-refractivity contribution is 7.79. The van der Waals surface area contributed by atoms with E-state index in [0.29, 0.717) is 21.6 Å². The summed E-state index contributed by atoms with van der Waals surface area (Å²) in [5.41, 5.74) is 1.24. The third-order valence-corrected chi connectivity index (χ3v) is 3.81. The van der Waals surface area contributed by atoms with Crippen molar-refractivity contribution in [2.24, 2.45) is 0 Å². The molecule has 0 aliphatic heterocycles. The molecule has 3 N–H and O–H groups in total. The van der Waals surface area contributed by atoms with Gasteiger partial charge in [0.1, 0.15) is 5.65 Å². The average Bonchev–Trinajstić information content (AvgIpc) is 2.92. The standard InChI is InChI=1S/C13H11ClFN5O2S/c14-7-3-8-9(5-18-11(8)17-4-7)12-19-6-10(15)13(20-12)16-1-2-23(21)22/h3-6H,1-2H2,(H,17,18)(H,21,22)(H,16,19,20). The number of anilines is 1. The van der Waals surface area contributed by atoms with Gasteiger partial charge in [0.25, 0.3) is 0 Å². The van der Waals surface area contributed by atoms with Gasteiger partial charge in [0.2, 0.25) is 0 Å². The number of pyridine rings is 1. The first-order valence-corrected chi connectivity index (χ1v) is 8.17. The highest BCUT2D eigenvalue weighted by Gasteiger charge is 2.13. The molecule has 0 saturated carbocycles. The van der Waals surface area contributed by atoms with E-state index in [-0.39, 0.29) is 23.9 Å². The average molecular weight is 356 g/mol. The smallest absolute Gasteiger partial charge is 0.183 e. The van der Waals surface area contributed by atoms with Gasteiger partial charge < -0.3 is 14.9 Å². The first-order chi connectivity index (χ1) is 11.0. The summed E-state index contributed by atoms with van der Waals surface area (Å²) in [5, 5.41) is 3.85. The lowest BCUT2D eigenvalue weighted by Gasteiger charge is -2.06. The second-order valence-electron chi connectivity index (χ2n) is 4.59. The lowest BCUT2D eigenvalue weighted by atomic mass is 10.2. The van der Waals surface area contributed by atoms with Crippen molar-refractivity contribution < 1.29 is 13.2 Å². The van der Waals surface area contributed by atoms with E-state index in [1.54, 1.807) is 12.3 Å². The summed E-state index contributed by atoms with van der Waals surface area (Å²) >= 11 is 3.99. The zero-order valence-corrected chi connectivity index (χ0v) is 13.2. The van der Waals surface area contributed by atoms with Crippen molar-refractivity contribution in [3.63, 3.8) is 0 Å². The summed E-state index contributed by atoms with van der Waals surface area (Å²) in [5.74, 6) is -0.432. The van der Waals surface area contributed by atoms with Gasteiger partial charge in [-0.2, -0.15) is 0 Å². The van der Waals surface area contributed by atoms with Gasteiger partial charge in [-0.1, -0.05) is 11.6 Å². The molecule has 23 heavy (non-hydrogen) atoms. The summed E-state index contributed by atoms with van der Waals surface area (Å²) in [6.45, 7) is 0.109. The van der Waals surface area contributed by atoms with Gasteiger partial charge >= 0.3 is 0 Å². The van der Waals surface area contributed by atoms with Gasteiger partial charge in [-0.25, -0.2) is 23.6 Å². The van der Waals surface area contributed by atoms with E-state index < -0.39 is 16.9 Å². The number of nitrogens with zero attached hydrogens (tertiary/aromatic N) is 3. The fourth-order valence-corrected chi connectivity index (χ4v) is 2.48. The molecule has 0 bridgehead atoms. The summed E-state index contributed by atoms with van der Waals surface area (Å²) in [6.07, 6.45) is 4.21. The maximum absolute atomic E-state index is 13.7. The molecule has 0 radical (unpaired) electrons. The minimum atomic E-state index is -1.96. The number of rotatable bonds is 5. The predicted molar refractivity (Wildman–Crippen MR) is 86.2 cm³/mol. The first kappa shape index (κ1) is 15.8. The Bertz CT molecular complexity index is 888. The molecule has 0 spiro atoms. The molecular weight excluding hydrogens is 345 g/mol. The Balaban J connectivity index is 1.95. The molecule has 0 aromatic carbocycles. The normalized spacial score (nSPS) is 12.5. The highest BCUT2D eigenvalue weighted by Crippen LogP contribution is 2.28. The molecule has 0 fully saturated rings. The number of hydrogen-bond donors (Lipinski definition) is 3. The van der Waals surface area contributed by atoms with Crippen molar-refractivity contribution in [1.82, 2.24) is 19.9 Å². The van der Waals surface area contributed by atoms with Gasteiger partial charge in [0.05, 0.1) is 17.0 Å². The van der Waals surface area contributed by atoms with Crippen LogP contribution in [0.15, 0.2) is 24.7 Å². The maximum atomic E-state index is 13.7. The van der Waals surface area contributed by atoms with Crippen molar-refractivity contribution in [1.29, 1.82) is 0 Å². The number of nitrogens with one attached hydrogen (secondary N) is 2. The SMILES string of the molecule is O=S(O)CCNc1nc(-c2c[nH]c3ncc(Cl)cc23)ncc1F. The van der Waals surface area contributed by atoms with E-state index >= 15 is 0 Å². The van der Waals surface area contributed by atoms with Crippen molar-refractivity contribution in [2.75, 3.05) is 17.6 Å². The largest absolute Gasteiger partial charge is 0.367 e. The lowest BCUT2D eigenvalue weighted by molar-refractivity contribution is 0.564. The van der Waals surface area contributed by atoms with E-state index in [9.17, 15) is 8.60 Å². The van der Waals surface area contributed by atoms with Crippen LogP contribution in [0.25, 0.3) is 22.4 Å². The van der Waals surface area contributed by atoms with Gasteiger partial charge in [0, 0.05) is 29.9 Å². The number of hydrogen-bond acceptors (Lipinski definition) is 5. The lowest BCUT2D eigenvalue weighted by Crippen LogP contribution is -2.12. The summed E-state index contributed by atoms with van der Waals surface area (Å²) < 4.78 is 33.1. The zero-order chi connectivity index (χ0) is 16.4. The molecule has 3 heterocycles. The Morgan fingerprint density at radius 2 is 2.22 bits per heavy atom. The number of fused-ring (bicyclic) bond motifs is 1. The van der Waals surface area contributed by atoms with Crippen LogP contribution in [0.2, 0.25) is 5.02 Å². The van der Waals surface area contributed by atoms with E-state index in [1.165, 1.54) is 6.20 Å². The molecule has 120 valence electrons. The molecule has 0 amide bonds. The van der Waals surface area contributed by atoms with Gasteiger partial charge in [-0.05, 0) is 6.07 Å². The fourth-order valence-electron chi connectivity index (χ4n) is 2.04. The molecule has 3 aromatic rings. The van der Waals surface area contributed by atoms with Crippen LogP contribution in [-0.4, -0.2) is 41.0 Å². The Morgan fingerprint density at radius 1 is 1.39 bits per heavy atom. The molecule has 3 rings (SSSR count). The second kappa shape index (κ2) is 6.57. The molecule has 0 saturated heterocycles. The molecule has 7 nitrogen and oxygen atoms in total. The third-order valence-electron chi connectivity index (χ3n) is 3.05. The number of aromatic nitrogens is 4. The summed E-state index contributed by atoms with van der Waals surface area (Å²) in [4.78, 5) is 15.2. The zero-order valence-electron chi connectivity index (χ0n) is 11.6. The topological polar surface area (TPSA) is 104 Å². The van der Waals surface area contributed by atoms with Crippen molar-refractivity contribution >= 4 is 39.5 Å². The van der Waals surface area contributed by atoms with E-state index in [4.69, 9.17) is 16.2 Å². The van der Waals surface area contributed by atoms with Gasteiger partial charge in [-0.15, -0.1) is 0 Å². The molecular formula is C13H11ClFN5O2S. The molecule has 3 aromatic heterocycles. The van der Waals surface area contributed by atoms with E-state index in [1.807, 2.05) is 0 Å². The fraction of sp³-hybridized carbons (Fsp3) is 0.154. The Hall–Kier alpha value is -2.10. The minimum absolute atomic E-state index is 0.0363. The third kappa shape index (κ3) is 3.46. The van der Waals surface area contributed by atoms with Crippen molar-refractivity contribution in [2.45, 2.75) is 0 Å². The van der Waals surface area contributed by atoms with Gasteiger partial charge in [0.15, 0.2) is 28.5 Å². The second-order valence-corrected chi connectivity index (χ2v) is 6.08. The van der Waals surface area contributed by atoms with Crippen LogP contribution >= 0.6 is 11.6 Å². The molecule has 1 unspecified atom stereocenters. The van der Waals surface area contributed by atoms with Crippen molar-refractivity contribution in [3.05, 3.63) is 35.5 Å². The molecule has 1 atom stereocenters. The molecule has 10 heteroatoms. The van der Waals surface area contributed by atoms with E-state index in [2.05, 4.69) is 25.3 Å². The van der Waals surface area contributed by atoms with Crippen molar-refractivity contribution in [3.8, 4) is 11.4 Å². The number of H-pyrrole nitrogens is 1. The van der Waals surface area contributed by atoms with Crippen LogP contribution in [0.1, 0.15) is 0 Å². The molecule has 0 aliphatic rings. The van der Waals surface area contributed by atoms with E-state index in [0.717, 1.165) is 6.20 Å². The Morgan fingerprint density at radius 3 is 3.00 bits per heavy atom. The van der Waals surface area contributed by atoms with Gasteiger partial charge in [-0.3, -0.25) is 0 Å². The van der Waals surface area contributed by atoms with Crippen LogP contribution < -0.4 is 5.32 Å². The number of halogens is 2. The maximum Gasteiger partial charge on any atom is 0.183 e. The van der Waals surface area contributed by atoms with Crippen LogP contribution in [0.5, 0.6) is 0 Å². The quantitative estimate of drug-likeness (QED) is 0.607. The number of aromatic amines is 1.